The fraction of sp³-hybridized carbons (Fsp3) is 0. The van der Waals surface area contributed by atoms with E-state index < -0.39 is 0 Å². The van der Waals surface area contributed by atoms with Crippen LogP contribution in [0.2, 0.25) is 0 Å². The molecule has 242 valence electrons. The van der Waals surface area contributed by atoms with E-state index in [2.05, 4.69) is 173 Å². The lowest BCUT2D eigenvalue weighted by Gasteiger charge is -2.08. The van der Waals surface area contributed by atoms with Gasteiger partial charge in [-0.1, -0.05) is 84.9 Å². The van der Waals surface area contributed by atoms with Crippen LogP contribution in [0.5, 0.6) is 0 Å². The summed E-state index contributed by atoms with van der Waals surface area (Å²) in [5.41, 5.74) is 11.4. The van der Waals surface area contributed by atoms with Gasteiger partial charge in [0, 0.05) is 69.9 Å². The summed E-state index contributed by atoms with van der Waals surface area (Å²) in [5.74, 6) is 0. The summed E-state index contributed by atoms with van der Waals surface area (Å²) in [7, 11) is 0. The molecular formula is C48H28N2OS. The van der Waals surface area contributed by atoms with Gasteiger partial charge in [0.15, 0.2) is 0 Å². The van der Waals surface area contributed by atoms with Crippen LogP contribution in [0.4, 0.5) is 0 Å². The molecule has 0 aliphatic carbocycles. The van der Waals surface area contributed by atoms with E-state index in [9.17, 15) is 0 Å². The standard InChI is InChI=1S/C48H28N2OS/c1-3-11-31(12-4-1)49-41-17-9-7-15-33(41)36-26-40-39-24-30(20-22-47(39)52-48(40)28-44(36)49)29-19-21-42-35(23-29)37-25-38-34-16-8-10-18-45(34)51-46(38)27-43(37)50(42)32-13-5-2-6-14-32/h1-28H. The molecule has 0 aliphatic heterocycles. The smallest absolute Gasteiger partial charge is 0.137 e. The minimum Gasteiger partial charge on any atom is -0.456 e. The van der Waals surface area contributed by atoms with Crippen molar-refractivity contribution in [1.82, 2.24) is 9.13 Å². The second kappa shape index (κ2) is 10.5. The molecule has 0 atom stereocenters. The van der Waals surface area contributed by atoms with Gasteiger partial charge >= 0.3 is 0 Å². The van der Waals surface area contributed by atoms with E-state index in [0.717, 1.165) is 33.1 Å². The van der Waals surface area contributed by atoms with Crippen molar-refractivity contribution in [2.45, 2.75) is 0 Å². The molecule has 0 N–H and O–H groups in total. The number of thiophene rings is 1. The molecule has 3 nitrogen and oxygen atoms in total. The van der Waals surface area contributed by atoms with Crippen molar-refractivity contribution in [3.05, 3.63) is 170 Å². The van der Waals surface area contributed by atoms with Crippen LogP contribution in [0, 0.1) is 0 Å². The molecule has 4 heteroatoms. The topological polar surface area (TPSA) is 23.0 Å². The highest BCUT2D eigenvalue weighted by Gasteiger charge is 2.19. The van der Waals surface area contributed by atoms with Gasteiger partial charge in [-0.15, -0.1) is 11.3 Å². The fourth-order valence-corrected chi connectivity index (χ4v) is 9.65. The van der Waals surface area contributed by atoms with Crippen molar-refractivity contribution in [2.24, 2.45) is 0 Å². The van der Waals surface area contributed by atoms with Crippen LogP contribution in [0.25, 0.3) is 108 Å². The largest absolute Gasteiger partial charge is 0.456 e. The average molecular weight is 681 g/mol. The molecule has 12 aromatic rings. The lowest BCUT2D eigenvalue weighted by Crippen LogP contribution is -1.93. The average Bonchev–Trinajstić information content (AvgIpc) is 3.93. The van der Waals surface area contributed by atoms with Gasteiger partial charge in [0.25, 0.3) is 0 Å². The van der Waals surface area contributed by atoms with Gasteiger partial charge in [-0.25, -0.2) is 0 Å². The third-order valence-electron chi connectivity index (χ3n) is 10.9. The Balaban J connectivity index is 1.09. The molecule has 0 spiro atoms. The summed E-state index contributed by atoms with van der Waals surface area (Å²) in [5, 5.41) is 9.91. The number of hydrogen-bond acceptors (Lipinski definition) is 2. The van der Waals surface area contributed by atoms with E-state index >= 15 is 0 Å². The highest BCUT2D eigenvalue weighted by molar-refractivity contribution is 7.25. The summed E-state index contributed by atoms with van der Waals surface area (Å²) >= 11 is 1.88. The lowest BCUT2D eigenvalue weighted by molar-refractivity contribution is 0.669. The van der Waals surface area contributed by atoms with Crippen molar-refractivity contribution >= 4 is 97.1 Å². The quantitative estimate of drug-likeness (QED) is 0.182. The van der Waals surface area contributed by atoms with Crippen LogP contribution in [0.3, 0.4) is 0 Å². The molecule has 0 aliphatic rings. The molecule has 4 heterocycles. The molecule has 52 heavy (non-hydrogen) atoms. The zero-order valence-corrected chi connectivity index (χ0v) is 28.7. The highest BCUT2D eigenvalue weighted by Crippen LogP contribution is 2.43. The molecule has 0 fully saturated rings. The maximum atomic E-state index is 6.37. The molecule has 8 aromatic carbocycles. The first-order valence-electron chi connectivity index (χ1n) is 17.7. The van der Waals surface area contributed by atoms with Gasteiger partial charge in [0.2, 0.25) is 0 Å². The number of furan rings is 1. The van der Waals surface area contributed by atoms with Gasteiger partial charge in [-0.3, -0.25) is 0 Å². The van der Waals surface area contributed by atoms with Crippen molar-refractivity contribution in [3.8, 4) is 22.5 Å². The van der Waals surface area contributed by atoms with E-state index in [1.54, 1.807) is 0 Å². The Morgan fingerprint density at radius 2 is 0.885 bits per heavy atom. The molecule has 12 rings (SSSR count). The Morgan fingerprint density at radius 3 is 1.67 bits per heavy atom. The minimum atomic E-state index is 0.907. The molecule has 0 bridgehead atoms. The predicted molar refractivity (Wildman–Crippen MR) is 221 cm³/mol. The Morgan fingerprint density at radius 1 is 0.327 bits per heavy atom. The Labute approximate surface area is 301 Å². The maximum absolute atomic E-state index is 6.37. The maximum Gasteiger partial charge on any atom is 0.137 e. The number of nitrogens with zero attached hydrogens (tertiary/aromatic N) is 2. The van der Waals surface area contributed by atoms with Crippen LogP contribution >= 0.6 is 11.3 Å². The fourth-order valence-electron chi connectivity index (χ4n) is 8.55. The third-order valence-corrected chi connectivity index (χ3v) is 12.0. The Bertz CT molecular complexity index is 3400. The first-order chi connectivity index (χ1) is 25.8. The molecule has 0 saturated heterocycles. The normalized spacial score (nSPS) is 12.2. The van der Waals surface area contributed by atoms with Crippen molar-refractivity contribution < 1.29 is 4.42 Å². The Hall–Kier alpha value is -6.62. The van der Waals surface area contributed by atoms with E-state index in [1.165, 1.54) is 75.1 Å². The van der Waals surface area contributed by atoms with Crippen molar-refractivity contribution in [2.75, 3.05) is 0 Å². The summed E-state index contributed by atoms with van der Waals surface area (Å²) in [6.45, 7) is 0. The zero-order valence-electron chi connectivity index (χ0n) is 27.9. The SMILES string of the molecule is c1ccc(-n2c3ccc(-c4ccc5sc6cc7c(cc6c5c4)c4ccccc4n7-c4ccccc4)cc3c3cc4c(cc32)oc2ccccc24)cc1. The van der Waals surface area contributed by atoms with E-state index in [4.69, 9.17) is 4.42 Å². The predicted octanol–water partition coefficient (Wildman–Crippen LogP) is 13.8. The Kier molecular flexibility index (Phi) is 5.65. The van der Waals surface area contributed by atoms with Gasteiger partial charge in [-0.2, -0.15) is 0 Å². The van der Waals surface area contributed by atoms with Gasteiger partial charge in [0.1, 0.15) is 11.2 Å². The number of benzene rings is 8. The number of fused-ring (bicyclic) bond motifs is 12. The van der Waals surface area contributed by atoms with E-state index in [1.807, 2.05) is 17.4 Å². The number of rotatable bonds is 3. The first-order valence-corrected chi connectivity index (χ1v) is 18.5. The summed E-state index contributed by atoms with van der Waals surface area (Å²) in [6.07, 6.45) is 0. The van der Waals surface area contributed by atoms with Crippen LogP contribution in [0.1, 0.15) is 0 Å². The van der Waals surface area contributed by atoms with E-state index in [-0.39, 0.29) is 0 Å². The van der Waals surface area contributed by atoms with Gasteiger partial charge < -0.3 is 13.6 Å². The second-order valence-electron chi connectivity index (χ2n) is 13.7. The highest BCUT2D eigenvalue weighted by atomic mass is 32.1. The monoisotopic (exact) mass is 680 g/mol. The van der Waals surface area contributed by atoms with Gasteiger partial charge in [0.05, 0.1) is 22.1 Å². The van der Waals surface area contributed by atoms with Crippen molar-refractivity contribution in [1.29, 1.82) is 0 Å². The first kappa shape index (κ1) is 28.1. The molecule has 4 aromatic heterocycles. The minimum absolute atomic E-state index is 0.907. The molecule has 0 unspecified atom stereocenters. The lowest BCUT2D eigenvalue weighted by atomic mass is 10.00. The third kappa shape index (κ3) is 3.90. The van der Waals surface area contributed by atoms with Gasteiger partial charge in [-0.05, 0) is 90.0 Å². The van der Waals surface area contributed by atoms with Crippen LogP contribution in [0.15, 0.2) is 174 Å². The molecule has 0 radical (unpaired) electrons. The van der Waals surface area contributed by atoms with Crippen LogP contribution in [-0.4, -0.2) is 9.13 Å². The van der Waals surface area contributed by atoms with Crippen molar-refractivity contribution in [3.63, 3.8) is 0 Å². The summed E-state index contributed by atoms with van der Waals surface area (Å²) in [6, 6.07) is 61.8. The molecule has 0 amide bonds. The summed E-state index contributed by atoms with van der Waals surface area (Å²) in [4.78, 5) is 0. The van der Waals surface area contributed by atoms with E-state index in [0.29, 0.717) is 0 Å². The molecular weight excluding hydrogens is 653 g/mol. The summed E-state index contributed by atoms with van der Waals surface area (Å²) < 4.78 is 13.7. The van der Waals surface area contributed by atoms with Crippen LogP contribution in [-0.2, 0) is 0 Å². The number of hydrogen-bond donors (Lipinski definition) is 0. The zero-order chi connectivity index (χ0) is 33.9. The second-order valence-corrected chi connectivity index (χ2v) is 14.8. The molecule has 0 saturated carbocycles. The van der Waals surface area contributed by atoms with Crippen LogP contribution < -0.4 is 0 Å². The number of para-hydroxylation sites is 4. The number of aromatic nitrogens is 2.